The SMILES string of the molecule is CC1CCC(c2noc(-c3ccccc3O)n2)CC1. The fourth-order valence-electron chi connectivity index (χ4n) is 2.68. The molecule has 0 bridgehead atoms. The lowest BCUT2D eigenvalue weighted by molar-refractivity contribution is 0.328. The summed E-state index contributed by atoms with van der Waals surface area (Å²) in [5.41, 5.74) is 0.602. The molecule has 0 unspecified atom stereocenters. The third-order valence-corrected chi connectivity index (χ3v) is 3.96. The van der Waals surface area contributed by atoms with E-state index >= 15 is 0 Å². The molecule has 0 amide bonds. The summed E-state index contributed by atoms with van der Waals surface area (Å²) < 4.78 is 5.29. The smallest absolute Gasteiger partial charge is 0.261 e. The fraction of sp³-hybridized carbons (Fsp3) is 0.467. The average Bonchev–Trinajstić information content (AvgIpc) is 2.89. The first-order valence-electron chi connectivity index (χ1n) is 6.86. The lowest BCUT2D eigenvalue weighted by Crippen LogP contribution is -2.11. The second-order valence-corrected chi connectivity index (χ2v) is 5.43. The van der Waals surface area contributed by atoms with Crippen molar-refractivity contribution >= 4 is 0 Å². The van der Waals surface area contributed by atoms with E-state index in [1.54, 1.807) is 18.2 Å². The minimum absolute atomic E-state index is 0.176. The molecule has 1 saturated carbocycles. The lowest BCUT2D eigenvalue weighted by atomic mass is 9.83. The van der Waals surface area contributed by atoms with E-state index in [4.69, 9.17) is 4.52 Å². The molecule has 100 valence electrons. The number of aromatic hydroxyl groups is 1. The molecule has 0 saturated heterocycles. The Morgan fingerprint density at radius 1 is 1.16 bits per heavy atom. The summed E-state index contributed by atoms with van der Waals surface area (Å²) in [6, 6.07) is 7.04. The van der Waals surface area contributed by atoms with E-state index in [0.717, 1.165) is 24.6 Å². The molecular weight excluding hydrogens is 240 g/mol. The van der Waals surface area contributed by atoms with Gasteiger partial charge in [-0.05, 0) is 30.9 Å². The van der Waals surface area contributed by atoms with Gasteiger partial charge in [-0.3, -0.25) is 0 Å². The maximum absolute atomic E-state index is 9.79. The molecule has 0 radical (unpaired) electrons. The van der Waals surface area contributed by atoms with Crippen LogP contribution in [0.25, 0.3) is 11.5 Å². The number of rotatable bonds is 2. The largest absolute Gasteiger partial charge is 0.507 e. The highest BCUT2D eigenvalue weighted by Crippen LogP contribution is 2.35. The van der Waals surface area contributed by atoms with Crippen LogP contribution in [-0.4, -0.2) is 15.2 Å². The van der Waals surface area contributed by atoms with Gasteiger partial charge in [0.25, 0.3) is 5.89 Å². The predicted octanol–water partition coefficient (Wildman–Crippen LogP) is 3.74. The Labute approximate surface area is 112 Å². The van der Waals surface area contributed by atoms with Crippen LogP contribution in [0.4, 0.5) is 0 Å². The zero-order valence-corrected chi connectivity index (χ0v) is 11.0. The van der Waals surface area contributed by atoms with Crippen molar-refractivity contribution in [1.29, 1.82) is 0 Å². The number of aromatic nitrogens is 2. The van der Waals surface area contributed by atoms with Gasteiger partial charge in [-0.15, -0.1) is 0 Å². The van der Waals surface area contributed by atoms with E-state index in [1.165, 1.54) is 12.8 Å². The second kappa shape index (κ2) is 5.03. The van der Waals surface area contributed by atoms with E-state index in [9.17, 15) is 5.11 Å². The number of nitrogens with zero attached hydrogens (tertiary/aromatic N) is 2. The Kier molecular flexibility index (Phi) is 3.23. The maximum Gasteiger partial charge on any atom is 0.261 e. The van der Waals surface area contributed by atoms with E-state index < -0.39 is 0 Å². The fourth-order valence-corrected chi connectivity index (χ4v) is 2.68. The summed E-state index contributed by atoms with van der Waals surface area (Å²) >= 11 is 0. The first-order valence-corrected chi connectivity index (χ1v) is 6.86. The molecule has 0 aliphatic heterocycles. The van der Waals surface area contributed by atoms with E-state index in [0.29, 0.717) is 17.4 Å². The summed E-state index contributed by atoms with van der Waals surface area (Å²) in [6.45, 7) is 2.29. The summed E-state index contributed by atoms with van der Waals surface area (Å²) in [4.78, 5) is 4.45. The first kappa shape index (κ1) is 12.2. The molecule has 0 spiro atoms. The highest BCUT2D eigenvalue weighted by molar-refractivity contribution is 5.61. The Hall–Kier alpha value is -1.84. The van der Waals surface area contributed by atoms with Crippen molar-refractivity contribution in [2.45, 2.75) is 38.5 Å². The molecule has 1 N–H and O–H groups in total. The molecule has 1 aliphatic rings. The molecule has 0 atom stereocenters. The van der Waals surface area contributed by atoms with Gasteiger partial charge in [0.15, 0.2) is 5.82 Å². The number of phenols is 1. The van der Waals surface area contributed by atoms with Gasteiger partial charge in [0, 0.05) is 5.92 Å². The number of benzene rings is 1. The summed E-state index contributed by atoms with van der Waals surface area (Å²) in [5, 5.41) is 13.9. The first-order chi connectivity index (χ1) is 9.24. The standard InChI is InChI=1S/C15H18N2O2/c1-10-6-8-11(9-7-10)14-16-15(19-17-14)12-4-2-3-5-13(12)18/h2-5,10-11,18H,6-9H2,1H3. The van der Waals surface area contributed by atoms with Crippen LogP contribution >= 0.6 is 0 Å². The third kappa shape index (κ3) is 2.48. The van der Waals surface area contributed by atoms with Crippen LogP contribution in [0.3, 0.4) is 0 Å². The minimum Gasteiger partial charge on any atom is -0.507 e. The van der Waals surface area contributed by atoms with Crippen molar-refractivity contribution in [3.05, 3.63) is 30.1 Å². The van der Waals surface area contributed by atoms with Gasteiger partial charge >= 0.3 is 0 Å². The molecule has 1 aromatic heterocycles. The molecule has 4 heteroatoms. The van der Waals surface area contributed by atoms with Crippen LogP contribution in [0.15, 0.2) is 28.8 Å². The van der Waals surface area contributed by atoms with Crippen LogP contribution in [-0.2, 0) is 0 Å². The molecule has 1 aromatic carbocycles. The van der Waals surface area contributed by atoms with Gasteiger partial charge in [-0.2, -0.15) is 4.98 Å². The van der Waals surface area contributed by atoms with Crippen molar-refractivity contribution in [3.8, 4) is 17.2 Å². The van der Waals surface area contributed by atoms with Crippen LogP contribution in [0, 0.1) is 5.92 Å². The molecule has 1 fully saturated rings. The van der Waals surface area contributed by atoms with Gasteiger partial charge in [0.2, 0.25) is 0 Å². The van der Waals surface area contributed by atoms with Gasteiger partial charge in [-0.25, -0.2) is 0 Å². The second-order valence-electron chi connectivity index (χ2n) is 5.43. The number of hydrogen-bond donors (Lipinski definition) is 1. The quantitative estimate of drug-likeness (QED) is 0.891. The summed E-state index contributed by atoms with van der Waals surface area (Å²) in [6.07, 6.45) is 4.71. The normalized spacial score (nSPS) is 23.4. The Balaban J connectivity index is 1.82. The minimum atomic E-state index is 0.176. The van der Waals surface area contributed by atoms with Crippen LogP contribution in [0.5, 0.6) is 5.75 Å². The van der Waals surface area contributed by atoms with Crippen LogP contribution in [0.1, 0.15) is 44.3 Å². The van der Waals surface area contributed by atoms with Gasteiger partial charge in [0.1, 0.15) is 5.75 Å². The van der Waals surface area contributed by atoms with E-state index in [1.807, 2.05) is 6.07 Å². The molecule has 1 heterocycles. The molecule has 1 aliphatic carbocycles. The molecule has 2 aromatic rings. The van der Waals surface area contributed by atoms with E-state index in [-0.39, 0.29) is 5.75 Å². The van der Waals surface area contributed by atoms with Gasteiger partial charge in [0.05, 0.1) is 5.56 Å². The average molecular weight is 258 g/mol. The Morgan fingerprint density at radius 2 is 1.89 bits per heavy atom. The highest BCUT2D eigenvalue weighted by Gasteiger charge is 2.24. The van der Waals surface area contributed by atoms with Crippen molar-refractivity contribution < 1.29 is 9.63 Å². The van der Waals surface area contributed by atoms with E-state index in [2.05, 4.69) is 17.1 Å². The lowest BCUT2D eigenvalue weighted by Gasteiger charge is -2.23. The van der Waals surface area contributed by atoms with Crippen molar-refractivity contribution in [2.24, 2.45) is 5.92 Å². The zero-order valence-electron chi connectivity index (χ0n) is 11.0. The predicted molar refractivity (Wildman–Crippen MR) is 71.8 cm³/mol. The third-order valence-electron chi connectivity index (χ3n) is 3.96. The van der Waals surface area contributed by atoms with Crippen LogP contribution in [0.2, 0.25) is 0 Å². The zero-order chi connectivity index (χ0) is 13.2. The van der Waals surface area contributed by atoms with Crippen LogP contribution < -0.4 is 0 Å². The number of hydrogen-bond acceptors (Lipinski definition) is 4. The number of para-hydroxylation sites is 1. The molecule has 19 heavy (non-hydrogen) atoms. The van der Waals surface area contributed by atoms with Gasteiger partial charge in [-0.1, -0.05) is 37.1 Å². The summed E-state index contributed by atoms with van der Waals surface area (Å²) in [5.74, 6) is 2.58. The molecule has 3 rings (SSSR count). The van der Waals surface area contributed by atoms with Gasteiger partial charge < -0.3 is 9.63 Å². The van der Waals surface area contributed by atoms with Crippen molar-refractivity contribution in [3.63, 3.8) is 0 Å². The van der Waals surface area contributed by atoms with Crippen molar-refractivity contribution in [1.82, 2.24) is 10.1 Å². The monoisotopic (exact) mass is 258 g/mol. The Bertz CT molecular complexity index is 557. The topological polar surface area (TPSA) is 59.2 Å². The van der Waals surface area contributed by atoms with Crippen molar-refractivity contribution in [2.75, 3.05) is 0 Å². The molecule has 4 nitrogen and oxygen atoms in total. The number of phenolic OH excluding ortho intramolecular Hbond substituents is 1. The maximum atomic E-state index is 9.79. The molecular formula is C15H18N2O2. The summed E-state index contributed by atoms with van der Waals surface area (Å²) in [7, 11) is 0. The Morgan fingerprint density at radius 3 is 2.63 bits per heavy atom. The highest BCUT2D eigenvalue weighted by atomic mass is 16.5.